The van der Waals surface area contributed by atoms with Gasteiger partial charge in [0.25, 0.3) is 0 Å². The number of esters is 2. The lowest BCUT2D eigenvalue weighted by atomic mass is 10.1. The highest BCUT2D eigenvalue weighted by molar-refractivity contribution is 6.33. The summed E-state index contributed by atoms with van der Waals surface area (Å²) in [6.07, 6.45) is 0.667. The monoisotopic (exact) mass is 536 g/mol. The Morgan fingerprint density at radius 1 is 0.806 bits per heavy atom. The molecule has 192 valence electrons. The van der Waals surface area contributed by atoms with E-state index in [2.05, 4.69) is 4.74 Å². The molecule has 3 aromatic rings. The van der Waals surface area contributed by atoms with Crippen LogP contribution in [0.3, 0.4) is 0 Å². The number of phenols is 1. The molecule has 3 rings (SSSR count). The Bertz CT molecular complexity index is 1200. The molecule has 0 aliphatic rings. The number of rotatable bonds is 8. The molecule has 0 saturated carbocycles. The summed E-state index contributed by atoms with van der Waals surface area (Å²) in [5, 5.41) is 10.2. The first kappa shape index (κ1) is 28.6. The van der Waals surface area contributed by atoms with Crippen molar-refractivity contribution in [1.82, 2.24) is 0 Å². The van der Waals surface area contributed by atoms with E-state index in [1.165, 1.54) is 58.8 Å². The smallest absolute Gasteiger partial charge is 0.339 e. The van der Waals surface area contributed by atoms with Crippen LogP contribution in [0, 0.1) is 0 Å². The van der Waals surface area contributed by atoms with Crippen LogP contribution in [0.5, 0.6) is 23.0 Å². The number of ether oxygens (including phenoxy) is 5. The molecule has 0 heterocycles. The number of hydrogen-bond acceptors (Lipinski definition) is 8. The topological polar surface area (TPSA) is 101 Å². The Labute approximate surface area is 219 Å². The predicted octanol–water partition coefficient (Wildman–Crippen LogP) is 5.60. The van der Waals surface area contributed by atoms with Gasteiger partial charge in [-0.3, -0.25) is 0 Å². The maximum absolute atomic E-state index is 11.7. The van der Waals surface area contributed by atoms with Crippen LogP contribution >= 0.6 is 23.2 Å². The number of halogens is 2. The number of methoxy groups -OCH3 is 4. The molecule has 0 aliphatic carbocycles. The first-order valence-electron chi connectivity index (χ1n) is 10.5. The van der Waals surface area contributed by atoms with Gasteiger partial charge in [-0.15, -0.1) is 0 Å². The molecule has 0 radical (unpaired) electrons. The number of carbonyl (C=O) groups is 2. The van der Waals surface area contributed by atoms with Gasteiger partial charge in [0.05, 0.1) is 51.2 Å². The van der Waals surface area contributed by atoms with E-state index in [1.807, 2.05) is 24.3 Å². The lowest BCUT2D eigenvalue weighted by Crippen LogP contribution is -2.06. The van der Waals surface area contributed by atoms with Crippen LogP contribution in [-0.4, -0.2) is 52.1 Å². The van der Waals surface area contributed by atoms with E-state index in [0.29, 0.717) is 40.9 Å². The summed E-state index contributed by atoms with van der Waals surface area (Å²) >= 11 is 12.0. The molecule has 0 bridgehead atoms. The molecular formula is C26H26Cl2O8. The summed E-state index contributed by atoms with van der Waals surface area (Å²) in [7, 11) is 5.52. The van der Waals surface area contributed by atoms with E-state index < -0.39 is 11.9 Å². The molecule has 0 amide bonds. The number of carbonyl (C=O) groups excluding carboxylic acids is 2. The van der Waals surface area contributed by atoms with Crippen LogP contribution in [0.1, 0.15) is 26.3 Å². The number of phenolic OH excluding ortho intramolecular Hbond substituents is 1. The molecule has 0 fully saturated rings. The van der Waals surface area contributed by atoms with Gasteiger partial charge in [-0.25, -0.2) is 9.59 Å². The molecule has 0 aliphatic heterocycles. The Morgan fingerprint density at radius 3 is 2.08 bits per heavy atom. The Kier molecular flexibility index (Phi) is 11.2. The van der Waals surface area contributed by atoms with Crippen LogP contribution < -0.4 is 14.2 Å². The van der Waals surface area contributed by atoms with Gasteiger partial charge in [0, 0.05) is 23.6 Å². The van der Waals surface area contributed by atoms with Crippen molar-refractivity contribution in [2.45, 2.75) is 6.42 Å². The zero-order valence-electron chi connectivity index (χ0n) is 20.2. The Morgan fingerprint density at radius 2 is 1.50 bits per heavy atom. The molecule has 3 aromatic carbocycles. The molecule has 1 N–H and O–H groups in total. The fourth-order valence-corrected chi connectivity index (χ4v) is 3.42. The van der Waals surface area contributed by atoms with Crippen molar-refractivity contribution in [1.29, 1.82) is 0 Å². The maximum atomic E-state index is 11.7. The number of hydrogen-bond donors (Lipinski definition) is 1. The van der Waals surface area contributed by atoms with Crippen LogP contribution in [0.4, 0.5) is 0 Å². The standard InChI is InChI=1S/C17H16Cl2O4.C9H10O4/c1-21-15-10-14(19)13(17(20)22-2)9-16(15)23-7-6-11-4-3-5-12(18)8-11;1-12-8-4-3-6(5-7(8)10)9(11)13-2/h3-5,8-10H,6-7H2,1-2H3;3-5,10H,1-2H3. The maximum Gasteiger partial charge on any atom is 0.339 e. The van der Waals surface area contributed by atoms with Gasteiger partial charge in [0.2, 0.25) is 0 Å². The highest BCUT2D eigenvalue weighted by Gasteiger charge is 2.16. The van der Waals surface area contributed by atoms with E-state index >= 15 is 0 Å². The second-order valence-electron chi connectivity index (χ2n) is 7.08. The van der Waals surface area contributed by atoms with E-state index in [0.717, 1.165) is 5.56 Å². The van der Waals surface area contributed by atoms with Gasteiger partial charge < -0.3 is 28.8 Å². The SMILES string of the molecule is COC(=O)c1cc(OCCc2cccc(Cl)c2)c(OC)cc1Cl.COC(=O)c1ccc(OC)c(O)c1. The van der Waals surface area contributed by atoms with E-state index in [-0.39, 0.29) is 16.3 Å². The van der Waals surface area contributed by atoms with Crippen molar-refractivity contribution in [3.8, 4) is 23.0 Å². The zero-order chi connectivity index (χ0) is 26.7. The summed E-state index contributed by atoms with van der Waals surface area (Å²) in [6.45, 7) is 0.402. The first-order valence-corrected chi connectivity index (χ1v) is 11.3. The number of aromatic hydroxyl groups is 1. The van der Waals surface area contributed by atoms with Crippen molar-refractivity contribution in [2.75, 3.05) is 35.0 Å². The van der Waals surface area contributed by atoms with Crippen LogP contribution in [0.2, 0.25) is 10.0 Å². The van der Waals surface area contributed by atoms with Crippen molar-refractivity contribution >= 4 is 35.1 Å². The summed E-state index contributed by atoms with van der Waals surface area (Å²) in [4.78, 5) is 22.7. The van der Waals surface area contributed by atoms with Gasteiger partial charge in [-0.1, -0.05) is 35.3 Å². The lowest BCUT2D eigenvalue weighted by molar-refractivity contribution is 0.0591. The van der Waals surface area contributed by atoms with E-state index in [1.54, 1.807) is 0 Å². The molecule has 0 atom stereocenters. The molecule has 0 saturated heterocycles. The molecule has 10 heteroatoms. The zero-order valence-corrected chi connectivity index (χ0v) is 21.7. The summed E-state index contributed by atoms with van der Waals surface area (Å²) in [6, 6.07) is 14.9. The highest BCUT2D eigenvalue weighted by Crippen LogP contribution is 2.34. The van der Waals surface area contributed by atoms with Crippen LogP contribution in [0.15, 0.2) is 54.6 Å². The van der Waals surface area contributed by atoms with Gasteiger partial charge in [0.1, 0.15) is 0 Å². The summed E-state index contributed by atoms with van der Waals surface area (Å²) in [5.41, 5.74) is 1.58. The second-order valence-corrected chi connectivity index (χ2v) is 7.92. The first-order chi connectivity index (χ1) is 17.2. The third kappa shape index (κ3) is 7.96. The second kappa shape index (κ2) is 14.1. The van der Waals surface area contributed by atoms with E-state index in [9.17, 15) is 14.7 Å². The average Bonchev–Trinajstić information content (AvgIpc) is 2.88. The van der Waals surface area contributed by atoms with Crippen molar-refractivity contribution in [2.24, 2.45) is 0 Å². The third-order valence-corrected chi connectivity index (χ3v) is 5.34. The summed E-state index contributed by atoms with van der Waals surface area (Å²) < 4.78 is 24.9. The normalized spacial score (nSPS) is 9.94. The van der Waals surface area contributed by atoms with Gasteiger partial charge in [-0.2, -0.15) is 0 Å². The summed E-state index contributed by atoms with van der Waals surface area (Å²) in [5.74, 6) is 0.112. The third-order valence-electron chi connectivity index (χ3n) is 4.80. The number of benzene rings is 3. The fraction of sp³-hybridized carbons (Fsp3) is 0.231. The molecular weight excluding hydrogens is 511 g/mol. The van der Waals surface area contributed by atoms with Gasteiger partial charge in [-0.05, 0) is 35.9 Å². The minimum absolute atomic E-state index is 0.0783. The minimum atomic E-state index is -0.530. The molecule has 0 unspecified atom stereocenters. The molecule has 0 spiro atoms. The minimum Gasteiger partial charge on any atom is -0.504 e. The molecule has 8 nitrogen and oxygen atoms in total. The Hall–Kier alpha value is -3.62. The average molecular weight is 537 g/mol. The van der Waals surface area contributed by atoms with Gasteiger partial charge in [0.15, 0.2) is 23.0 Å². The largest absolute Gasteiger partial charge is 0.504 e. The Balaban J connectivity index is 0.000000297. The van der Waals surface area contributed by atoms with E-state index in [4.69, 9.17) is 42.1 Å². The predicted molar refractivity (Wildman–Crippen MR) is 136 cm³/mol. The van der Waals surface area contributed by atoms with Gasteiger partial charge >= 0.3 is 11.9 Å². The highest BCUT2D eigenvalue weighted by atomic mass is 35.5. The molecule has 0 aromatic heterocycles. The van der Waals surface area contributed by atoms with Crippen LogP contribution in [-0.2, 0) is 15.9 Å². The van der Waals surface area contributed by atoms with Crippen molar-refractivity contribution < 1.29 is 38.4 Å². The van der Waals surface area contributed by atoms with Crippen molar-refractivity contribution in [3.63, 3.8) is 0 Å². The molecule has 36 heavy (non-hydrogen) atoms. The van der Waals surface area contributed by atoms with Crippen LogP contribution in [0.25, 0.3) is 0 Å². The fourth-order valence-electron chi connectivity index (χ4n) is 2.98. The van der Waals surface area contributed by atoms with Crippen molar-refractivity contribution in [3.05, 3.63) is 81.3 Å². The lowest BCUT2D eigenvalue weighted by Gasteiger charge is -2.13. The quantitative estimate of drug-likeness (QED) is 0.371.